The molecule has 0 radical (unpaired) electrons. The van der Waals surface area contributed by atoms with Crippen LogP contribution in [0.3, 0.4) is 0 Å². The molecule has 0 aliphatic carbocycles. The van der Waals surface area contributed by atoms with Crippen molar-refractivity contribution in [3.05, 3.63) is 89.0 Å². The van der Waals surface area contributed by atoms with E-state index in [1.807, 2.05) is 43.3 Å². The van der Waals surface area contributed by atoms with Crippen LogP contribution in [0.1, 0.15) is 40.4 Å². The first kappa shape index (κ1) is 31.2. The average molecular weight is 586 g/mol. The van der Waals surface area contributed by atoms with E-state index in [4.69, 9.17) is 19.9 Å². The number of para-hydroxylation sites is 2. The lowest BCUT2D eigenvalue weighted by atomic mass is 9.98. The zero-order chi connectivity index (χ0) is 30.0. The molecule has 226 valence electrons. The number of alkyl halides is 3. The minimum absolute atomic E-state index is 0.0498. The maximum Gasteiger partial charge on any atom is 0.422 e. The molecule has 3 N–H and O–H groups in total. The van der Waals surface area contributed by atoms with E-state index in [1.165, 1.54) is 6.07 Å². The zero-order valence-electron chi connectivity index (χ0n) is 23.8. The van der Waals surface area contributed by atoms with Crippen LogP contribution in [0.15, 0.2) is 66.7 Å². The molecule has 4 rings (SSSR count). The number of benzene rings is 3. The number of amides is 1. The molecule has 0 spiro atoms. The molecule has 0 saturated heterocycles. The summed E-state index contributed by atoms with van der Waals surface area (Å²) in [6.07, 6.45) is -2.06. The lowest BCUT2D eigenvalue weighted by molar-refractivity contribution is -0.153. The van der Waals surface area contributed by atoms with Gasteiger partial charge in [-0.2, -0.15) is 13.2 Å². The normalized spacial score (nSPS) is 13.6. The number of nitrogens with two attached hydrogens (primary N) is 1. The topological polar surface area (TPSA) is 86.1 Å². The fourth-order valence-corrected chi connectivity index (χ4v) is 5.08. The van der Waals surface area contributed by atoms with Crippen molar-refractivity contribution < 1.29 is 32.2 Å². The quantitative estimate of drug-likeness (QED) is 0.222. The monoisotopic (exact) mass is 585 g/mol. The average Bonchev–Trinajstić information content (AvgIpc) is 3.37. The highest BCUT2D eigenvalue weighted by atomic mass is 19.4. The third kappa shape index (κ3) is 9.39. The Hall–Kier alpha value is -3.76. The van der Waals surface area contributed by atoms with Crippen molar-refractivity contribution in [2.45, 2.75) is 45.0 Å². The number of hydrogen-bond donors (Lipinski definition) is 2. The third-order valence-corrected chi connectivity index (χ3v) is 6.94. The summed E-state index contributed by atoms with van der Waals surface area (Å²) in [6.45, 7) is 4.19. The Bertz CT molecular complexity index is 1300. The first-order valence-corrected chi connectivity index (χ1v) is 14.2. The van der Waals surface area contributed by atoms with E-state index >= 15 is 0 Å². The van der Waals surface area contributed by atoms with Crippen LogP contribution in [0, 0.1) is 0 Å². The Balaban J connectivity index is 1.25. The summed E-state index contributed by atoms with van der Waals surface area (Å²) in [6, 6.07) is 20.4. The van der Waals surface area contributed by atoms with Crippen molar-refractivity contribution in [1.29, 1.82) is 0 Å². The number of anilines is 1. The van der Waals surface area contributed by atoms with Crippen LogP contribution in [0.25, 0.3) is 0 Å². The fraction of sp³-hybridized carbons (Fsp3) is 0.406. The number of nitrogens with zero attached hydrogens (tertiary/aromatic N) is 1. The largest absolute Gasteiger partial charge is 0.488 e. The number of primary amides is 1. The van der Waals surface area contributed by atoms with Gasteiger partial charge in [-0.1, -0.05) is 48.5 Å². The summed E-state index contributed by atoms with van der Waals surface area (Å²) >= 11 is 0. The molecule has 0 fully saturated rings. The molecular weight excluding hydrogens is 547 g/mol. The van der Waals surface area contributed by atoms with E-state index < -0.39 is 18.7 Å². The van der Waals surface area contributed by atoms with Crippen LogP contribution in [-0.2, 0) is 24.2 Å². The van der Waals surface area contributed by atoms with Crippen LogP contribution in [-0.4, -0.2) is 57.6 Å². The molecule has 3 aromatic carbocycles. The molecule has 1 amide bonds. The van der Waals surface area contributed by atoms with E-state index in [2.05, 4.69) is 16.3 Å². The second kappa shape index (κ2) is 14.9. The Morgan fingerprint density at radius 2 is 1.71 bits per heavy atom. The molecule has 1 atom stereocenters. The second-order valence-electron chi connectivity index (χ2n) is 10.4. The van der Waals surface area contributed by atoms with E-state index in [9.17, 15) is 18.0 Å². The van der Waals surface area contributed by atoms with E-state index in [0.717, 1.165) is 48.3 Å². The van der Waals surface area contributed by atoms with Gasteiger partial charge in [-0.15, -0.1) is 0 Å². The number of halogens is 3. The SMILES string of the molecule is CC(Cc1cc2c(c(C(N)=O)c1)N(CCCOCc1ccccc1)CC2)NCCOc1ccccc1OCC(F)(F)F. The number of nitrogens with one attached hydrogen (secondary N) is 1. The van der Waals surface area contributed by atoms with Crippen molar-refractivity contribution in [1.82, 2.24) is 5.32 Å². The number of rotatable bonds is 16. The van der Waals surface area contributed by atoms with Gasteiger partial charge in [0.05, 0.1) is 17.9 Å². The van der Waals surface area contributed by atoms with Crippen molar-refractivity contribution in [2.24, 2.45) is 5.73 Å². The highest BCUT2D eigenvalue weighted by Crippen LogP contribution is 2.34. The van der Waals surface area contributed by atoms with Gasteiger partial charge in [-0.05, 0) is 61.1 Å². The molecule has 0 aromatic heterocycles. The predicted molar refractivity (Wildman–Crippen MR) is 156 cm³/mol. The maximum atomic E-state index is 12.5. The summed E-state index contributed by atoms with van der Waals surface area (Å²) in [5.74, 6) is -0.136. The smallest absolute Gasteiger partial charge is 0.422 e. The second-order valence-corrected chi connectivity index (χ2v) is 10.4. The first-order chi connectivity index (χ1) is 20.2. The van der Waals surface area contributed by atoms with Crippen molar-refractivity contribution >= 4 is 11.6 Å². The number of carbonyl (C=O) groups excluding carboxylic acids is 1. The number of carbonyl (C=O) groups is 1. The molecule has 1 aliphatic rings. The van der Waals surface area contributed by atoms with Crippen molar-refractivity contribution in [2.75, 3.05) is 44.4 Å². The minimum Gasteiger partial charge on any atom is -0.488 e. The zero-order valence-corrected chi connectivity index (χ0v) is 23.8. The van der Waals surface area contributed by atoms with Gasteiger partial charge in [0.15, 0.2) is 18.1 Å². The van der Waals surface area contributed by atoms with Crippen molar-refractivity contribution in [3.8, 4) is 11.5 Å². The van der Waals surface area contributed by atoms with Crippen LogP contribution in [0.2, 0.25) is 0 Å². The first-order valence-electron chi connectivity index (χ1n) is 14.2. The maximum absolute atomic E-state index is 12.5. The summed E-state index contributed by atoms with van der Waals surface area (Å²) < 4.78 is 53.9. The Kier molecular flexibility index (Phi) is 11.1. The van der Waals surface area contributed by atoms with Crippen LogP contribution >= 0.6 is 0 Å². The van der Waals surface area contributed by atoms with Gasteiger partial charge in [0, 0.05) is 32.3 Å². The van der Waals surface area contributed by atoms with Gasteiger partial charge >= 0.3 is 6.18 Å². The molecule has 0 saturated carbocycles. The van der Waals surface area contributed by atoms with Gasteiger partial charge in [-0.25, -0.2) is 0 Å². The van der Waals surface area contributed by atoms with Gasteiger partial charge in [0.1, 0.15) is 6.61 Å². The Morgan fingerprint density at radius 3 is 2.43 bits per heavy atom. The predicted octanol–water partition coefficient (Wildman–Crippen LogP) is 5.30. The van der Waals surface area contributed by atoms with E-state index in [1.54, 1.807) is 18.2 Å². The van der Waals surface area contributed by atoms with E-state index in [0.29, 0.717) is 31.7 Å². The van der Waals surface area contributed by atoms with Gasteiger partial charge in [0.2, 0.25) is 0 Å². The molecule has 42 heavy (non-hydrogen) atoms. The van der Waals surface area contributed by atoms with Crippen LogP contribution in [0.5, 0.6) is 11.5 Å². The highest BCUT2D eigenvalue weighted by Gasteiger charge is 2.29. The Labute approximate surface area is 244 Å². The molecule has 1 unspecified atom stereocenters. The molecular formula is C32H38F3N3O4. The van der Waals surface area contributed by atoms with E-state index in [-0.39, 0.29) is 24.1 Å². The number of fused-ring (bicyclic) bond motifs is 1. The van der Waals surface area contributed by atoms with Crippen LogP contribution < -0.4 is 25.4 Å². The summed E-state index contributed by atoms with van der Waals surface area (Å²) in [7, 11) is 0. The number of ether oxygens (including phenoxy) is 3. The van der Waals surface area contributed by atoms with Gasteiger partial charge in [-0.3, -0.25) is 4.79 Å². The van der Waals surface area contributed by atoms with Crippen molar-refractivity contribution in [3.63, 3.8) is 0 Å². The molecule has 10 heteroatoms. The molecule has 1 aliphatic heterocycles. The Morgan fingerprint density at radius 1 is 1.00 bits per heavy atom. The molecule has 0 bridgehead atoms. The summed E-state index contributed by atoms with van der Waals surface area (Å²) in [4.78, 5) is 14.6. The third-order valence-electron chi connectivity index (χ3n) is 6.94. The summed E-state index contributed by atoms with van der Waals surface area (Å²) in [5.41, 5.74) is 10.6. The summed E-state index contributed by atoms with van der Waals surface area (Å²) in [5, 5.41) is 3.37. The van der Waals surface area contributed by atoms with Crippen LogP contribution in [0.4, 0.5) is 18.9 Å². The molecule has 7 nitrogen and oxygen atoms in total. The highest BCUT2D eigenvalue weighted by molar-refractivity contribution is 6.00. The lowest BCUT2D eigenvalue weighted by Crippen LogP contribution is -2.32. The molecule has 3 aromatic rings. The standard InChI is InChI=1S/C32H38F3N3O4/c1-23(37-13-17-41-28-10-5-6-11-29(28)42-22-32(33,34)35)18-25-19-26-12-15-38(30(26)27(20-25)31(36)39)14-7-16-40-21-24-8-3-2-4-9-24/h2-6,8-11,19-20,23,37H,7,12-18,21-22H2,1H3,(H2,36,39). The van der Waals surface area contributed by atoms with Gasteiger partial charge < -0.3 is 30.2 Å². The van der Waals surface area contributed by atoms with Gasteiger partial charge in [0.25, 0.3) is 5.91 Å². The fourth-order valence-electron chi connectivity index (χ4n) is 5.08. The molecule has 1 heterocycles. The number of hydrogen-bond acceptors (Lipinski definition) is 6. The lowest BCUT2D eigenvalue weighted by Gasteiger charge is -2.22. The minimum atomic E-state index is -4.42.